The Morgan fingerprint density at radius 3 is 2.23 bits per heavy atom. The summed E-state index contributed by atoms with van der Waals surface area (Å²) < 4.78 is 52.9. The van der Waals surface area contributed by atoms with Gasteiger partial charge >= 0.3 is 0 Å². The van der Waals surface area contributed by atoms with Gasteiger partial charge in [0.1, 0.15) is 12.4 Å². The van der Waals surface area contributed by atoms with E-state index < -0.39 is 28.3 Å². The van der Waals surface area contributed by atoms with Crippen molar-refractivity contribution in [3.05, 3.63) is 81.7 Å². The number of methoxy groups -OCH3 is 2. The van der Waals surface area contributed by atoms with Crippen molar-refractivity contribution in [3.8, 4) is 11.5 Å². The van der Waals surface area contributed by atoms with E-state index in [1.807, 2.05) is 24.3 Å². The van der Waals surface area contributed by atoms with Gasteiger partial charge in [0.15, 0.2) is 11.5 Å². The van der Waals surface area contributed by atoms with E-state index in [9.17, 15) is 17.6 Å². The second kappa shape index (κ2) is 11.5. The molecule has 0 aliphatic heterocycles. The standard InChI is InChI=1S/C24H23FIN3O5S/c1-16(17-4-8-19(26)9-5-17)27-28-24(30)15-29(20-10-6-18(25)7-11-20)35(31,32)21-12-13-22(33-2)23(14-21)34-3/h4-14H,15H2,1-3H3,(H,28,30)/b27-16-. The number of carbonyl (C=O) groups excluding carboxylic acids is 1. The number of carbonyl (C=O) groups is 1. The van der Waals surface area contributed by atoms with Crippen LogP contribution < -0.4 is 19.2 Å². The molecule has 1 amide bonds. The summed E-state index contributed by atoms with van der Waals surface area (Å²) >= 11 is 2.18. The maximum atomic E-state index is 13.5. The van der Waals surface area contributed by atoms with Crippen molar-refractivity contribution >= 4 is 49.9 Å². The lowest BCUT2D eigenvalue weighted by Gasteiger charge is -2.24. The number of nitrogens with zero attached hydrogens (tertiary/aromatic N) is 2. The van der Waals surface area contributed by atoms with E-state index >= 15 is 0 Å². The molecule has 0 aliphatic carbocycles. The average Bonchev–Trinajstić information content (AvgIpc) is 2.86. The molecule has 0 saturated heterocycles. The van der Waals surface area contributed by atoms with Crippen molar-refractivity contribution in [3.63, 3.8) is 0 Å². The number of hydrogen-bond donors (Lipinski definition) is 1. The first-order valence-corrected chi connectivity index (χ1v) is 12.8. The summed E-state index contributed by atoms with van der Waals surface area (Å²) in [7, 11) is -1.44. The van der Waals surface area contributed by atoms with Gasteiger partial charge in [-0.15, -0.1) is 0 Å². The lowest BCUT2D eigenvalue weighted by molar-refractivity contribution is -0.119. The van der Waals surface area contributed by atoms with E-state index in [1.165, 1.54) is 44.6 Å². The molecule has 35 heavy (non-hydrogen) atoms. The van der Waals surface area contributed by atoms with E-state index in [4.69, 9.17) is 9.47 Å². The number of rotatable bonds is 9. The number of sulfonamides is 1. The fraction of sp³-hybridized carbons (Fsp3) is 0.167. The molecule has 0 spiro atoms. The molecule has 3 rings (SSSR count). The predicted octanol–water partition coefficient (Wildman–Crippen LogP) is 4.18. The number of benzene rings is 3. The Kier molecular flexibility index (Phi) is 8.67. The fourth-order valence-electron chi connectivity index (χ4n) is 3.09. The van der Waals surface area contributed by atoms with Crippen molar-refractivity contribution in [1.29, 1.82) is 0 Å². The van der Waals surface area contributed by atoms with Crippen molar-refractivity contribution in [2.75, 3.05) is 25.1 Å². The molecule has 11 heteroatoms. The summed E-state index contributed by atoms with van der Waals surface area (Å²) in [6.45, 7) is 1.13. The number of halogens is 2. The second-order valence-electron chi connectivity index (χ2n) is 7.24. The van der Waals surface area contributed by atoms with Gasteiger partial charge in [-0.05, 0) is 83.6 Å². The summed E-state index contributed by atoms with van der Waals surface area (Å²) in [4.78, 5) is 12.6. The molecule has 0 aromatic heterocycles. The van der Waals surface area contributed by atoms with E-state index in [0.29, 0.717) is 11.5 Å². The normalized spacial score (nSPS) is 11.6. The molecule has 0 unspecified atom stereocenters. The molecule has 184 valence electrons. The minimum absolute atomic E-state index is 0.106. The SMILES string of the molecule is COc1ccc(S(=O)(=O)N(CC(=O)N/N=C(/C)c2ccc(I)cc2)c2ccc(F)cc2)cc1OC. The molecule has 0 saturated carbocycles. The van der Waals surface area contributed by atoms with Gasteiger partial charge in [0.25, 0.3) is 15.9 Å². The van der Waals surface area contributed by atoms with Crippen LogP contribution in [0.1, 0.15) is 12.5 Å². The Labute approximate surface area is 216 Å². The highest BCUT2D eigenvalue weighted by molar-refractivity contribution is 14.1. The highest BCUT2D eigenvalue weighted by Crippen LogP contribution is 2.32. The van der Waals surface area contributed by atoms with Crippen molar-refractivity contribution < 1.29 is 27.1 Å². The first kappa shape index (κ1) is 26.4. The smallest absolute Gasteiger partial charge is 0.264 e. The molecule has 0 radical (unpaired) electrons. The maximum Gasteiger partial charge on any atom is 0.264 e. The topological polar surface area (TPSA) is 97.3 Å². The lowest BCUT2D eigenvalue weighted by atomic mass is 10.1. The van der Waals surface area contributed by atoms with Crippen molar-refractivity contribution in [2.24, 2.45) is 5.10 Å². The van der Waals surface area contributed by atoms with E-state index in [2.05, 4.69) is 33.1 Å². The van der Waals surface area contributed by atoms with E-state index in [1.54, 1.807) is 6.92 Å². The third-order valence-corrected chi connectivity index (χ3v) is 7.44. The summed E-state index contributed by atoms with van der Waals surface area (Å²) in [6, 6.07) is 16.4. The van der Waals surface area contributed by atoms with Crippen molar-refractivity contribution in [1.82, 2.24) is 5.43 Å². The Morgan fingerprint density at radius 1 is 1.00 bits per heavy atom. The molecule has 3 aromatic rings. The first-order valence-electron chi connectivity index (χ1n) is 10.2. The Morgan fingerprint density at radius 2 is 1.63 bits per heavy atom. The average molecular weight is 611 g/mol. The van der Waals surface area contributed by atoms with Crippen molar-refractivity contribution in [2.45, 2.75) is 11.8 Å². The summed E-state index contributed by atoms with van der Waals surface area (Å²) in [5.41, 5.74) is 3.85. The van der Waals surface area contributed by atoms with Gasteiger partial charge in [-0.25, -0.2) is 18.2 Å². The zero-order chi connectivity index (χ0) is 25.6. The van der Waals surface area contributed by atoms with Crippen LogP contribution in [0, 0.1) is 9.39 Å². The van der Waals surface area contributed by atoms with Crippen LogP contribution in [0.5, 0.6) is 11.5 Å². The summed E-state index contributed by atoms with van der Waals surface area (Å²) in [5.74, 6) is -0.671. The molecule has 3 aromatic carbocycles. The molecular weight excluding hydrogens is 588 g/mol. The Bertz CT molecular complexity index is 1330. The van der Waals surface area contributed by atoms with Crippen LogP contribution >= 0.6 is 22.6 Å². The molecule has 0 aliphatic rings. The van der Waals surface area contributed by atoms with Crippen LogP contribution in [0.4, 0.5) is 10.1 Å². The van der Waals surface area contributed by atoms with Gasteiger partial charge in [-0.1, -0.05) is 12.1 Å². The number of hydrogen-bond acceptors (Lipinski definition) is 6. The van der Waals surface area contributed by atoms with Gasteiger partial charge in [-0.2, -0.15) is 5.10 Å². The highest BCUT2D eigenvalue weighted by Gasteiger charge is 2.28. The van der Waals surface area contributed by atoms with E-state index in [0.717, 1.165) is 25.6 Å². The molecule has 8 nitrogen and oxygen atoms in total. The summed E-state index contributed by atoms with van der Waals surface area (Å²) in [6.07, 6.45) is 0. The molecule has 0 heterocycles. The van der Waals surface area contributed by atoms with Gasteiger partial charge in [0, 0.05) is 9.64 Å². The number of anilines is 1. The van der Waals surface area contributed by atoms with Crippen LogP contribution in [0.15, 0.2) is 76.7 Å². The number of nitrogens with one attached hydrogen (secondary N) is 1. The zero-order valence-corrected chi connectivity index (χ0v) is 22.1. The minimum Gasteiger partial charge on any atom is -0.493 e. The Hall–Kier alpha value is -3.19. The van der Waals surface area contributed by atoms with Gasteiger partial charge in [0.2, 0.25) is 0 Å². The Balaban J connectivity index is 1.91. The molecule has 0 bridgehead atoms. The van der Waals surface area contributed by atoms with Crippen LogP contribution in [0.25, 0.3) is 0 Å². The first-order chi connectivity index (χ1) is 16.6. The number of amides is 1. The summed E-state index contributed by atoms with van der Waals surface area (Å²) in [5, 5.41) is 4.09. The highest BCUT2D eigenvalue weighted by atomic mass is 127. The van der Waals surface area contributed by atoms with Crippen LogP contribution in [0.3, 0.4) is 0 Å². The quantitative estimate of drug-likeness (QED) is 0.223. The maximum absolute atomic E-state index is 13.5. The predicted molar refractivity (Wildman–Crippen MR) is 140 cm³/mol. The molecule has 0 atom stereocenters. The molecule has 0 fully saturated rings. The molecule has 1 N–H and O–H groups in total. The fourth-order valence-corrected chi connectivity index (χ4v) is 4.89. The number of ether oxygens (including phenoxy) is 2. The third kappa shape index (κ3) is 6.48. The van der Waals surface area contributed by atoms with Crippen LogP contribution in [0.2, 0.25) is 0 Å². The van der Waals surface area contributed by atoms with E-state index in [-0.39, 0.29) is 16.3 Å². The van der Waals surface area contributed by atoms with Gasteiger partial charge < -0.3 is 9.47 Å². The van der Waals surface area contributed by atoms with Gasteiger partial charge in [0.05, 0.1) is 30.5 Å². The van der Waals surface area contributed by atoms with Crippen LogP contribution in [-0.4, -0.2) is 40.8 Å². The van der Waals surface area contributed by atoms with Crippen LogP contribution in [-0.2, 0) is 14.8 Å². The lowest BCUT2D eigenvalue weighted by Crippen LogP contribution is -2.39. The largest absolute Gasteiger partial charge is 0.493 e. The zero-order valence-electron chi connectivity index (χ0n) is 19.2. The monoisotopic (exact) mass is 611 g/mol. The third-order valence-electron chi connectivity index (χ3n) is 4.96. The minimum atomic E-state index is -4.25. The molecular formula is C24H23FIN3O5S. The number of hydrazone groups is 1. The van der Waals surface area contributed by atoms with Gasteiger partial charge in [-0.3, -0.25) is 9.10 Å². The second-order valence-corrected chi connectivity index (χ2v) is 10.4.